The van der Waals surface area contributed by atoms with Crippen molar-refractivity contribution < 1.29 is 4.79 Å². The van der Waals surface area contributed by atoms with E-state index in [-0.39, 0.29) is 10.9 Å². The molecular weight excluding hydrogens is 346 g/mol. The smallest absolute Gasteiger partial charge is 0.204 e. The van der Waals surface area contributed by atoms with Crippen molar-refractivity contribution in [1.82, 2.24) is 19.7 Å². The third-order valence-corrected chi connectivity index (χ3v) is 4.50. The van der Waals surface area contributed by atoms with Gasteiger partial charge in [-0.1, -0.05) is 11.6 Å². The number of rotatable bonds is 3. The lowest BCUT2D eigenvalue weighted by atomic mass is 10.1. The molecule has 0 atom stereocenters. The number of carbonyl (C=O) groups excluding carboxylic acids is 1. The fourth-order valence-corrected chi connectivity index (χ4v) is 2.62. The van der Waals surface area contributed by atoms with Gasteiger partial charge in [0.15, 0.2) is 0 Å². The van der Waals surface area contributed by atoms with Crippen molar-refractivity contribution in [2.24, 2.45) is 7.05 Å². The molecule has 0 saturated carbocycles. The van der Waals surface area contributed by atoms with Gasteiger partial charge in [0.05, 0.1) is 11.8 Å². The summed E-state index contributed by atoms with van der Waals surface area (Å²) in [6, 6.07) is 0. The highest BCUT2D eigenvalue weighted by Crippen LogP contribution is 2.30. The maximum Gasteiger partial charge on any atom is 0.204 e. The molecule has 0 bridgehead atoms. The zero-order valence-electron chi connectivity index (χ0n) is 10.7. The first kappa shape index (κ1) is 13.5. The third kappa shape index (κ3) is 2.10. The number of carbonyl (C=O) groups is 1. The lowest BCUT2D eigenvalue weighted by molar-refractivity contribution is 0.103. The fraction of sp³-hybridized carbons (Fsp3) is 0.333. The quantitative estimate of drug-likeness (QED) is 0.622. The van der Waals surface area contributed by atoms with Gasteiger partial charge in [-0.05, 0) is 22.4 Å². The van der Waals surface area contributed by atoms with E-state index in [4.69, 9.17) is 11.6 Å². The van der Waals surface area contributed by atoms with Crippen LogP contribution in [-0.2, 0) is 7.05 Å². The Kier molecular flexibility index (Phi) is 3.47. The summed E-state index contributed by atoms with van der Waals surface area (Å²) in [6.45, 7) is 1.75. The Morgan fingerprint density at radius 1 is 1.40 bits per heavy atom. The summed E-state index contributed by atoms with van der Waals surface area (Å²) in [5.41, 5.74) is 0.786. The number of ketones is 1. The fourth-order valence-electron chi connectivity index (χ4n) is 2.03. The molecule has 8 heteroatoms. The average molecular weight is 357 g/mol. The van der Waals surface area contributed by atoms with Crippen molar-refractivity contribution in [3.05, 3.63) is 33.4 Å². The van der Waals surface area contributed by atoms with Crippen LogP contribution < -0.4 is 4.90 Å². The first-order valence-corrected chi connectivity index (χ1v) is 7.24. The monoisotopic (exact) mass is 355 g/mol. The maximum absolute atomic E-state index is 12.7. The molecule has 0 radical (unpaired) electrons. The van der Waals surface area contributed by atoms with E-state index in [1.165, 1.54) is 12.5 Å². The van der Waals surface area contributed by atoms with Crippen molar-refractivity contribution in [2.45, 2.75) is 6.42 Å². The Hall–Kier alpha value is -1.47. The molecule has 0 N–H and O–H groups in total. The molecule has 2 aromatic heterocycles. The Bertz CT molecular complexity index is 682. The molecule has 0 unspecified atom stereocenters. The van der Waals surface area contributed by atoms with E-state index in [0.717, 1.165) is 19.5 Å². The second-order valence-electron chi connectivity index (χ2n) is 4.51. The van der Waals surface area contributed by atoms with E-state index in [9.17, 15) is 4.79 Å². The molecule has 0 spiro atoms. The number of hydrogen-bond acceptors (Lipinski definition) is 5. The lowest BCUT2D eigenvalue weighted by Crippen LogP contribution is -2.39. The molecule has 1 aliphatic heterocycles. The van der Waals surface area contributed by atoms with Gasteiger partial charge in [0.1, 0.15) is 27.5 Å². The minimum absolute atomic E-state index is 0.169. The summed E-state index contributed by atoms with van der Waals surface area (Å²) in [7, 11) is 1.75. The number of halogens is 2. The largest absolute Gasteiger partial charge is 0.356 e. The standard InChI is InChI=1S/C12H11BrClN5O/c1-18-10(13)7(5-17-18)9(20)8-11(14)15-6-16-12(8)19-3-2-4-19/h5-6H,2-4H2,1H3. The van der Waals surface area contributed by atoms with Crippen LogP contribution in [0, 0.1) is 0 Å². The van der Waals surface area contributed by atoms with Crippen LogP contribution in [-0.4, -0.2) is 38.6 Å². The predicted molar refractivity (Wildman–Crippen MR) is 78.2 cm³/mol. The predicted octanol–water partition coefficient (Wildman–Crippen LogP) is 2.07. The lowest BCUT2D eigenvalue weighted by Gasteiger charge is -2.33. The highest BCUT2D eigenvalue weighted by Gasteiger charge is 2.28. The summed E-state index contributed by atoms with van der Waals surface area (Å²) >= 11 is 9.46. The zero-order chi connectivity index (χ0) is 14.3. The van der Waals surface area contributed by atoms with Crippen LogP contribution in [0.15, 0.2) is 17.1 Å². The summed E-state index contributed by atoms with van der Waals surface area (Å²) in [5, 5.41) is 4.22. The summed E-state index contributed by atoms with van der Waals surface area (Å²) in [4.78, 5) is 22.9. The molecule has 0 aromatic carbocycles. The minimum Gasteiger partial charge on any atom is -0.356 e. The molecular formula is C12H11BrClN5O. The third-order valence-electron chi connectivity index (χ3n) is 3.27. The van der Waals surface area contributed by atoms with Crippen LogP contribution >= 0.6 is 27.5 Å². The highest BCUT2D eigenvalue weighted by molar-refractivity contribution is 9.10. The van der Waals surface area contributed by atoms with Crippen LogP contribution in [0.4, 0.5) is 5.82 Å². The van der Waals surface area contributed by atoms with Gasteiger partial charge in [-0.3, -0.25) is 9.48 Å². The number of aromatic nitrogens is 4. The SMILES string of the molecule is Cn1ncc(C(=O)c2c(Cl)ncnc2N2CCC2)c1Br. The van der Waals surface area contributed by atoms with E-state index < -0.39 is 0 Å². The van der Waals surface area contributed by atoms with Crippen LogP contribution in [0.3, 0.4) is 0 Å². The topological polar surface area (TPSA) is 63.9 Å². The van der Waals surface area contributed by atoms with E-state index in [1.807, 2.05) is 4.90 Å². The van der Waals surface area contributed by atoms with Gasteiger partial charge in [0.25, 0.3) is 0 Å². The average Bonchev–Trinajstić information content (AvgIpc) is 2.67. The molecule has 3 heterocycles. The van der Waals surface area contributed by atoms with E-state index >= 15 is 0 Å². The van der Waals surface area contributed by atoms with Gasteiger partial charge in [0, 0.05) is 20.1 Å². The Labute approximate surface area is 128 Å². The second-order valence-corrected chi connectivity index (χ2v) is 5.61. The second kappa shape index (κ2) is 5.14. The number of nitrogens with zero attached hydrogens (tertiary/aromatic N) is 5. The Morgan fingerprint density at radius 2 is 2.15 bits per heavy atom. The first-order chi connectivity index (χ1) is 9.59. The maximum atomic E-state index is 12.7. The molecule has 6 nitrogen and oxygen atoms in total. The van der Waals surface area contributed by atoms with Crippen LogP contribution in [0.2, 0.25) is 5.15 Å². The summed E-state index contributed by atoms with van der Waals surface area (Å²) in [5.74, 6) is 0.370. The summed E-state index contributed by atoms with van der Waals surface area (Å²) in [6.07, 6.45) is 3.98. The Balaban J connectivity index is 2.09. The normalized spacial score (nSPS) is 14.2. The van der Waals surface area contributed by atoms with Crippen molar-refractivity contribution in [3.63, 3.8) is 0 Å². The Morgan fingerprint density at radius 3 is 2.70 bits per heavy atom. The molecule has 1 aliphatic rings. The van der Waals surface area contributed by atoms with Gasteiger partial charge in [-0.2, -0.15) is 5.10 Å². The molecule has 1 fully saturated rings. The molecule has 0 amide bonds. The number of anilines is 1. The van der Waals surface area contributed by atoms with Crippen molar-refractivity contribution >= 4 is 39.1 Å². The van der Waals surface area contributed by atoms with E-state index in [0.29, 0.717) is 21.5 Å². The van der Waals surface area contributed by atoms with Gasteiger partial charge >= 0.3 is 0 Å². The van der Waals surface area contributed by atoms with Gasteiger partial charge in [-0.15, -0.1) is 0 Å². The van der Waals surface area contributed by atoms with E-state index in [1.54, 1.807) is 11.7 Å². The van der Waals surface area contributed by atoms with Crippen LogP contribution in [0.1, 0.15) is 22.3 Å². The molecule has 20 heavy (non-hydrogen) atoms. The molecule has 1 saturated heterocycles. The van der Waals surface area contributed by atoms with Crippen LogP contribution in [0.5, 0.6) is 0 Å². The number of hydrogen-bond donors (Lipinski definition) is 0. The van der Waals surface area contributed by atoms with Gasteiger partial charge < -0.3 is 4.90 Å². The van der Waals surface area contributed by atoms with Gasteiger partial charge in [0.2, 0.25) is 5.78 Å². The van der Waals surface area contributed by atoms with Crippen molar-refractivity contribution in [3.8, 4) is 0 Å². The minimum atomic E-state index is -0.225. The molecule has 3 rings (SSSR count). The van der Waals surface area contributed by atoms with Crippen molar-refractivity contribution in [2.75, 3.05) is 18.0 Å². The molecule has 2 aromatic rings. The molecule has 104 valence electrons. The zero-order valence-corrected chi connectivity index (χ0v) is 13.0. The summed E-state index contributed by atoms with van der Waals surface area (Å²) < 4.78 is 2.19. The van der Waals surface area contributed by atoms with Crippen LogP contribution in [0.25, 0.3) is 0 Å². The van der Waals surface area contributed by atoms with E-state index in [2.05, 4.69) is 31.0 Å². The van der Waals surface area contributed by atoms with Gasteiger partial charge in [-0.25, -0.2) is 9.97 Å². The number of aryl methyl sites for hydroxylation is 1. The highest BCUT2D eigenvalue weighted by atomic mass is 79.9. The van der Waals surface area contributed by atoms with Crippen molar-refractivity contribution in [1.29, 1.82) is 0 Å². The first-order valence-electron chi connectivity index (χ1n) is 6.07. The molecule has 0 aliphatic carbocycles.